The average molecular weight is 274 g/mol. The number of aromatic hydroxyl groups is 1. The number of aliphatic hydroxyl groups excluding tert-OH is 1. The Hall–Kier alpha value is -2.96. The van der Waals surface area contributed by atoms with Gasteiger partial charge < -0.3 is 10.2 Å². The molecule has 0 aliphatic carbocycles. The summed E-state index contributed by atoms with van der Waals surface area (Å²) in [6.45, 7) is 3.46. The predicted octanol–water partition coefficient (Wildman–Crippen LogP) is 4.90. The zero-order valence-corrected chi connectivity index (χ0v) is 11.4. The van der Waals surface area contributed by atoms with E-state index in [0.29, 0.717) is 5.56 Å². The zero-order chi connectivity index (χ0) is 14.8. The van der Waals surface area contributed by atoms with Crippen LogP contribution in [0.1, 0.15) is 5.56 Å². The molecule has 0 aromatic heterocycles. The summed E-state index contributed by atoms with van der Waals surface area (Å²) in [7, 11) is 0. The van der Waals surface area contributed by atoms with E-state index in [2.05, 4.69) is 12.3 Å². The molecule has 3 aromatic carbocycles. The first-order chi connectivity index (χ1) is 10.2. The highest BCUT2D eigenvalue weighted by Gasteiger charge is 2.09. The lowest BCUT2D eigenvalue weighted by molar-refractivity contribution is 0.477. The summed E-state index contributed by atoms with van der Waals surface area (Å²) in [5.74, 6) is 0.253. The first-order valence-electron chi connectivity index (χ1n) is 6.61. The molecule has 3 rings (SSSR count). The molecule has 21 heavy (non-hydrogen) atoms. The molecule has 2 heteroatoms. The highest BCUT2D eigenvalue weighted by molar-refractivity contribution is 5.99. The molecular formula is C19H14O2. The van der Waals surface area contributed by atoms with Gasteiger partial charge in [0.05, 0.1) is 0 Å². The van der Waals surface area contributed by atoms with Crippen molar-refractivity contribution in [3.05, 3.63) is 78.5 Å². The second-order valence-electron chi connectivity index (χ2n) is 4.78. The van der Waals surface area contributed by atoms with Gasteiger partial charge >= 0.3 is 0 Å². The summed E-state index contributed by atoms with van der Waals surface area (Å²) >= 11 is 0. The van der Waals surface area contributed by atoms with Crippen LogP contribution in [-0.4, -0.2) is 10.2 Å². The van der Waals surface area contributed by atoms with Crippen LogP contribution in [0.4, 0.5) is 0 Å². The molecule has 0 amide bonds. The molecule has 2 nitrogen and oxygen atoms in total. The number of phenolic OH excluding ortho intramolecular Hbond substituents is 1. The van der Waals surface area contributed by atoms with E-state index < -0.39 is 0 Å². The summed E-state index contributed by atoms with van der Waals surface area (Å²) in [5, 5.41) is 21.9. The van der Waals surface area contributed by atoms with E-state index in [4.69, 9.17) is 0 Å². The van der Waals surface area contributed by atoms with E-state index in [1.807, 2.05) is 48.5 Å². The molecule has 0 saturated heterocycles. The van der Waals surface area contributed by atoms with Gasteiger partial charge in [-0.2, -0.15) is 0 Å². The van der Waals surface area contributed by atoms with Crippen LogP contribution in [0.15, 0.2) is 73.0 Å². The largest absolute Gasteiger partial charge is 0.507 e. The van der Waals surface area contributed by atoms with Gasteiger partial charge in [0.15, 0.2) is 5.76 Å². The van der Waals surface area contributed by atoms with E-state index in [9.17, 15) is 10.2 Å². The number of fused-ring (bicyclic) bond motifs is 1. The van der Waals surface area contributed by atoms with Gasteiger partial charge in [0.2, 0.25) is 0 Å². The van der Waals surface area contributed by atoms with Crippen molar-refractivity contribution in [1.29, 1.82) is 0 Å². The van der Waals surface area contributed by atoms with Crippen LogP contribution in [0.25, 0.3) is 27.7 Å². The quantitative estimate of drug-likeness (QED) is 0.515. The molecule has 0 aliphatic heterocycles. The molecule has 0 saturated carbocycles. The van der Waals surface area contributed by atoms with Gasteiger partial charge in [-0.15, -0.1) is 0 Å². The van der Waals surface area contributed by atoms with E-state index in [1.165, 1.54) is 0 Å². The minimum atomic E-state index is 0.0176. The van der Waals surface area contributed by atoms with Gasteiger partial charge in [-0.25, -0.2) is 0 Å². The lowest BCUT2D eigenvalue weighted by Gasteiger charge is -2.10. The number of hydrogen-bond donors (Lipinski definition) is 2. The number of benzene rings is 3. The van der Waals surface area contributed by atoms with Crippen molar-refractivity contribution in [2.24, 2.45) is 0 Å². The molecule has 102 valence electrons. The molecule has 0 unspecified atom stereocenters. The van der Waals surface area contributed by atoms with Gasteiger partial charge in [-0.05, 0) is 34.5 Å². The van der Waals surface area contributed by atoms with Crippen molar-refractivity contribution in [3.8, 4) is 16.9 Å². The third kappa shape index (κ3) is 2.29. The number of phenols is 1. The van der Waals surface area contributed by atoms with Crippen LogP contribution >= 0.6 is 0 Å². The van der Waals surface area contributed by atoms with Crippen LogP contribution in [0.2, 0.25) is 0 Å². The molecule has 0 radical (unpaired) electrons. The Morgan fingerprint density at radius 2 is 1.67 bits per heavy atom. The maximum Gasteiger partial charge on any atom is 0.166 e. The first-order valence-corrected chi connectivity index (χ1v) is 6.61. The van der Waals surface area contributed by atoms with Crippen molar-refractivity contribution in [2.75, 3.05) is 0 Å². The summed E-state index contributed by atoms with van der Waals surface area (Å²) < 4.78 is 0. The van der Waals surface area contributed by atoms with Crippen LogP contribution in [0.5, 0.6) is 5.75 Å². The highest BCUT2D eigenvalue weighted by atomic mass is 16.3. The van der Waals surface area contributed by atoms with Gasteiger partial charge in [0, 0.05) is 11.1 Å². The van der Waals surface area contributed by atoms with Gasteiger partial charge in [-0.3, -0.25) is 0 Å². The average Bonchev–Trinajstić information content (AvgIpc) is 2.53. The Kier molecular flexibility index (Phi) is 3.23. The van der Waals surface area contributed by atoms with Crippen LogP contribution < -0.4 is 0 Å². The van der Waals surface area contributed by atoms with E-state index in [-0.39, 0.29) is 11.5 Å². The number of rotatable bonds is 2. The Morgan fingerprint density at radius 1 is 0.905 bits per heavy atom. The number of aliphatic hydroxyl groups is 1. The summed E-state index contributed by atoms with van der Waals surface area (Å²) in [6.07, 6.45) is 0. The Labute approximate surface area is 122 Å². The predicted molar refractivity (Wildman–Crippen MR) is 86.2 cm³/mol. The van der Waals surface area contributed by atoms with E-state index in [1.54, 1.807) is 12.1 Å². The fourth-order valence-corrected chi connectivity index (χ4v) is 2.46. The molecule has 0 bridgehead atoms. The maximum absolute atomic E-state index is 10.1. The fraction of sp³-hybridized carbons (Fsp3) is 0. The summed E-state index contributed by atoms with van der Waals surface area (Å²) in [6, 6.07) is 18.8. The van der Waals surface area contributed by atoms with Crippen molar-refractivity contribution >= 4 is 16.5 Å². The maximum atomic E-state index is 10.1. The standard InChI is InChI=1S/C19H14O2/c1-2-18(20)14-11-10-13-6-5-8-15(17(13)12-14)16-7-3-4-9-19(16)21/h3-12,20-21H,1H2. The van der Waals surface area contributed by atoms with Gasteiger partial charge in [0.1, 0.15) is 5.75 Å². The molecule has 0 fully saturated rings. The minimum absolute atomic E-state index is 0.0176. The third-order valence-electron chi connectivity index (χ3n) is 3.52. The highest BCUT2D eigenvalue weighted by Crippen LogP contribution is 2.35. The Bertz CT molecular complexity index is 872. The van der Waals surface area contributed by atoms with E-state index >= 15 is 0 Å². The molecular weight excluding hydrogens is 260 g/mol. The molecule has 0 atom stereocenters. The van der Waals surface area contributed by atoms with Crippen LogP contribution in [0.3, 0.4) is 0 Å². The fourth-order valence-electron chi connectivity index (χ4n) is 2.46. The second-order valence-corrected chi connectivity index (χ2v) is 4.78. The lowest BCUT2D eigenvalue weighted by Crippen LogP contribution is -1.86. The van der Waals surface area contributed by atoms with Gasteiger partial charge in [0.25, 0.3) is 0 Å². The topological polar surface area (TPSA) is 40.5 Å². The second kappa shape index (κ2) is 5.20. The van der Waals surface area contributed by atoms with Crippen molar-refractivity contribution in [1.82, 2.24) is 0 Å². The molecule has 2 N–H and O–H groups in total. The molecule has 0 aliphatic rings. The summed E-state index contributed by atoms with van der Waals surface area (Å²) in [4.78, 5) is 0. The minimum Gasteiger partial charge on any atom is -0.507 e. The first kappa shape index (κ1) is 13.0. The molecule has 0 spiro atoms. The monoisotopic (exact) mass is 274 g/mol. The molecule has 0 heterocycles. The number of hydrogen-bond acceptors (Lipinski definition) is 2. The molecule has 3 aromatic rings. The number of para-hydroxylation sites is 1. The lowest BCUT2D eigenvalue weighted by atomic mass is 9.96. The van der Waals surface area contributed by atoms with Crippen LogP contribution in [0, 0.1) is 0 Å². The van der Waals surface area contributed by atoms with Gasteiger partial charge in [-0.1, -0.05) is 54.8 Å². The zero-order valence-electron chi connectivity index (χ0n) is 11.4. The summed E-state index contributed by atoms with van der Waals surface area (Å²) in [5.41, 5.74) is 4.83. The van der Waals surface area contributed by atoms with Crippen molar-refractivity contribution < 1.29 is 10.2 Å². The Morgan fingerprint density at radius 3 is 2.43 bits per heavy atom. The van der Waals surface area contributed by atoms with Crippen LogP contribution in [-0.2, 0) is 0 Å². The van der Waals surface area contributed by atoms with E-state index in [0.717, 1.165) is 21.9 Å². The van der Waals surface area contributed by atoms with Crippen molar-refractivity contribution in [2.45, 2.75) is 0 Å². The SMILES string of the molecule is C=C=C(O)c1ccc2cccc(-c3ccccc3O)c2c1. The van der Waals surface area contributed by atoms with Crippen molar-refractivity contribution in [3.63, 3.8) is 0 Å². The Balaban J connectivity index is 2.33. The smallest absolute Gasteiger partial charge is 0.166 e. The normalized spacial score (nSPS) is 10.3. The third-order valence-corrected chi connectivity index (χ3v) is 3.52.